The average molecular weight is 416 g/mol. The zero-order valence-corrected chi connectivity index (χ0v) is 17.6. The van der Waals surface area contributed by atoms with Crippen molar-refractivity contribution in [1.29, 1.82) is 0 Å². The first-order valence-corrected chi connectivity index (χ1v) is 10.1. The summed E-state index contributed by atoms with van der Waals surface area (Å²) in [6, 6.07) is 17.3. The molecule has 0 aliphatic heterocycles. The Morgan fingerprint density at radius 3 is 1.77 bits per heavy atom. The van der Waals surface area contributed by atoms with Gasteiger partial charge in [0.05, 0.1) is 6.61 Å². The van der Waals surface area contributed by atoms with E-state index in [1.54, 1.807) is 12.1 Å². The maximum absolute atomic E-state index is 11.5. The molecule has 0 aliphatic carbocycles. The predicted molar refractivity (Wildman–Crippen MR) is 110 cm³/mol. The monoisotopic (exact) mass is 416 g/mol. The fourth-order valence-electron chi connectivity index (χ4n) is 2.53. The molecule has 0 aliphatic rings. The molecule has 0 fully saturated rings. The van der Waals surface area contributed by atoms with Crippen LogP contribution in [0.3, 0.4) is 0 Å². The van der Waals surface area contributed by atoms with Gasteiger partial charge in [-0.05, 0) is 18.6 Å². The Bertz CT molecular complexity index is 477. The molecule has 2 aromatic carbocycles. The number of ether oxygens (including phenoxy) is 1. The van der Waals surface area contributed by atoms with E-state index in [-0.39, 0.29) is 23.0 Å². The second-order valence-corrected chi connectivity index (χ2v) is 6.62. The van der Waals surface area contributed by atoms with Gasteiger partial charge in [0.25, 0.3) is 5.97 Å². The summed E-state index contributed by atoms with van der Waals surface area (Å²) in [5.41, 5.74) is 0.659. The SMILES string of the molecule is O=C(OCCCCCCCCCCCS)[c-]1cccc1.[Fe].c1cc[cH-]c1. The van der Waals surface area contributed by atoms with Gasteiger partial charge in [0.15, 0.2) is 0 Å². The Kier molecular flexibility index (Phi) is 18.1. The minimum Gasteiger partial charge on any atom is -0.471 e. The van der Waals surface area contributed by atoms with E-state index in [4.69, 9.17) is 4.74 Å². The molecular formula is C22H32FeO2S-2. The van der Waals surface area contributed by atoms with Gasteiger partial charge in [0.2, 0.25) is 0 Å². The zero-order chi connectivity index (χ0) is 18.0. The average Bonchev–Trinajstić information content (AvgIpc) is 3.35. The van der Waals surface area contributed by atoms with E-state index in [2.05, 4.69) is 12.6 Å². The summed E-state index contributed by atoms with van der Waals surface area (Å²) in [5, 5.41) is 0. The Morgan fingerprint density at radius 1 is 0.808 bits per heavy atom. The third-order valence-electron chi connectivity index (χ3n) is 3.99. The van der Waals surface area contributed by atoms with Crippen LogP contribution in [0.2, 0.25) is 0 Å². The first-order valence-electron chi connectivity index (χ1n) is 9.51. The van der Waals surface area contributed by atoms with Gasteiger partial charge in [-0.25, -0.2) is 24.3 Å². The van der Waals surface area contributed by atoms with Gasteiger partial charge in [0.1, 0.15) is 0 Å². The van der Waals surface area contributed by atoms with Crippen LogP contribution in [0.5, 0.6) is 0 Å². The Labute approximate surface area is 175 Å². The molecule has 0 saturated heterocycles. The number of esters is 1. The summed E-state index contributed by atoms with van der Waals surface area (Å²) in [5.74, 6) is 0.822. The fourth-order valence-corrected chi connectivity index (χ4v) is 2.75. The second kappa shape index (κ2) is 18.8. The summed E-state index contributed by atoms with van der Waals surface area (Å²) in [7, 11) is 0. The zero-order valence-electron chi connectivity index (χ0n) is 15.6. The maximum atomic E-state index is 11.5. The van der Waals surface area contributed by atoms with Crippen molar-refractivity contribution < 1.29 is 26.6 Å². The van der Waals surface area contributed by atoms with Crippen LogP contribution in [0.25, 0.3) is 0 Å². The van der Waals surface area contributed by atoms with E-state index < -0.39 is 0 Å². The largest absolute Gasteiger partial charge is 0.471 e. The third-order valence-corrected chi connectivity index (χ3v) is 4.31. The quantitative estimate of drug-likeness (QED) is 0.142. The van der Waals surface area contributed by atoms with E-state index in [0.717, 1.165) is 18.6 Å². The molecule has 0 radical (unpaired) electrons. The standard InChI is InChI=1S/C17H27O2S.C5H5.Fe/c18-17(16-12-8-9-13-16)19-14-10-6-4-2-1-3-5-7-11-15-20;1-2-4-5-3-1;/h8-9,12-13,20H,1-7,10-11,14-15H2;1-5H;/q2*-1;. The summed E-state index contributed by atoms with van der Waals surface area (Å²) >= 11 is 4.21. The summed E-state index contributed by atoms with van der Waals surface area (Å²) in [6.07, 6.45) is 11.3. The molecule has 2 rings (SSSR count). The smallest absolute Gasteiger partial charge is 0.281 e. The van der Waals surface area contributed by atoms with Gasteiger partial charge in [-0.3, -0.25) is 4.79 Å². The summed E-state index contributed by atoms with van der Waals surface area (Å²) < 4.78 is 5.21. The van der Waals surface area contributed by atoms with E-state index in [1.807, 2.05) is 42.5 Å². The second-order valence-electron chi connectivity index (χ2n) is 6.18. The van der Waals surface area contributed by atoms with Gasteiger partial charge < -0.3 is 4.74 Å². The van der Waals surface area contributed by atoms with Gasteiger partial charge in [-0.2, -0.15) is 43.0 Å². The van der Waals surface area contributed by atoms with Crippen molar-refractivity contribution in [3.8, 4) is 0 Å². The molecule has 148 valence electrons. The van der Waals surface area contributed by atoms with Crippen molar-refractivity contribution in [2.45, 2.75) is 57.8 Å². The van der Waals surface area contributed by atoms with Crippen LogP contribution in [0.4, 0.5) is 0 Å². The van der Waals surface area contributed by atoms with E-state index >= 15 is 0 Å². The van der Waals surface area contributed by atoms with Crippen LogP contribution in [-0.2, 0) is 21.8 Å². The Hall–Kier alpha value is -0.961. The molecule has 0 saturated carbocycles. The number of rotatable bonds is 12. The number of carbonyl (C=O) groups is 1. The minimum atomic E-state index is -0.195. The first-order chi connectivity index (χ1) is 12.3. The molecule has 26 heavy (non-hydrogen) atoms. The van der Waals surface area contributed by atoms with Crippen LogP contribution in [0, 0.1) is 0 Å². The molecule has 0 unspecified atom stereocenters. The Balaban J connectivity index is 0.000000893. The molecule has 0 bridgehead atoms. The van der Waals surface area contributed by atoms with Gasteiger partial charge in [-0.1, -0.05) is 50.5 Å². The van der Waals surface area contributed by atoms with Gasteiger partial charge in [-0.15, -0.1) is 0 Å². The molecular weight excluding hydrogens is 384 g/mol. The van der Waals surface area contributed by atoms with E-state index in [0.29, 0.717) is 12.2 Å². The van der Waals surface area contributed by atoms with Crippen LogP contribution in [0.1, 0.15) is 68.1 Å². The minimum absolute atomic E-state index is 0. The topological polar surface area (TPSA) is 26.3 Å². The summed E-state index contributed by atoms with van der Waals surface area (Å²) in [6.45, 7) is 0.548. The maximum Gasteiger partial charge on any atom is 0.281 e. The third kappa shape index (κ3) is 14.2. The number of hydrogen-bond donors (Lipinski definition) is 1. The van der Waals surface area contributed by atoms with Crippen LogP contribution < -0.4 is 0 Å². The number of thiol groups is 1. The molecule has 0 aromatic heterocycles. The molecule has 4 heteroatoms. The molecule has 0 amide bonds. The number of carbonyl (C=O) groups excluding carboxylic acids is 1. The normalized spacial score (nSPS) is 9.73. The molecule has 0 atom stereocenters. The fraction of sp³-hybridized carbons (Fsp3) is 0.500. The summed E-state index contributed by atoms with van der Waals surface area (Å²) in [4.78, 5) is 11.5. The first kappa shape index (κ1) is 25.0. The van der Waals surface area contributed by atoms with Crippen molar-refractivity contribution in [1.82, 2.24) is 0 Å². The molecule has 0 spiro atoms. The van der Waals surface area contributed by atoms with Gasteiger partial charge in [0, 0.05) is 17.1 Å². The van der Waals surface area contributed by atoms with E-state index in [9.17, 15) is 4.79 Å². The van der Waals surface area contributed by atoms with Crippen molar-refractivity contribution in [3.63, 3.8) is 0 Å². The predicted octanol–water partition coefficient (Wildman–Crippen LogP) is 6.41. The van der Waals surface area contributed by atoms with Crippen LogP contribution in [-0.4, -0.2) is 18.3 Å². The van der Waals surface area contributed by atoms with Crippen LogP contribution >= 0.6 is 12.6 Å². The number of hydrogen-bond acceptors (Lipinski definition) is 3. The molecule has 2 aromatic rings. The molecule has 0 N–H and O–H groups in total. The van der Waals surface area contributed by atoms with Crippen molar-refractivity contribution in [2.24, 2.45) is 0 Å². The van der Waals surface area contributed by atoms with Crippen molar-refractivity contribution in [3.05, 3.63) is 60.2 Å². The molecule has 2 nitrogen and oxygen atoms in total. The van der Waals surface area contributed by atoms with Crippen molar-refractivity contribution in [2.75, 3.05) is 12.4 Å². The molecule has 0 heterocycles. The van der Waals surface area contributed by atoms with E-state index in [1.165, 1.54) is 44.9 Å². The van der Waals surface area contributed by atoms with Crippen LogP contribution in [0.15, 0.2) is 54.6 Å². The van der Waals surface area contributed by atoms with Crippen molar-refractivity contribution >= 4 is 18.6 Å². The van der Waals surface area contributed by atoms with Gasteiger partial charge >= 0.3 is 0 Å². The number of unbranched alkanes of at least 4 members (excludes halogenated alkanes) is 8. The Morgan fingerprint density at radius 2 is 1.31 bits per heavy atom.